The molecule has 0 aliphatic rings. The molecule has 0 saturated heterocycles. The molecule has 7 nitrogen and oxygen atoms in total. The second-order valence-corrected chi connectivity index (χ2v) is 4.51. The van der Waals surface area contributed by atoms with Crippen molar-refractivity contribution in [2.24, 2.45) is 0 Å². The molecule has 0 aliphatic carbocycles. The highest BCUT2D eigenvalue weighted by Crippen LogP contribution is 2.14. The molecular formula is C13H24N4O3. The van der Waals surface area contributed by atoms with E-state index in [4.69, 9.17) is 14.2 Å². The maximum absolute atomic E-state index is 5.52. The Bertz CT molecular complexity index is 388. The lowest BCUT2D eigenvalue weighted by Gasteiger charge is -2.13. The Morgan fingerprint density at radius 2 is 1.95 bits per heavy atom. The normalized spacial score (nSPS) is 10.8. The highest BCUT2D eigenvalue weighted by molar-refractivity contribution is 5.38. The lowest BCUT2D eigenvalue weighted by molar-refractivity contribution is 0.142. The summed E-state index contributed by atoms with van der Waals surface area (Å²) in [4.78, 5) is 10.7. The Hall–Kier alpha value is -1.44. The summed E-state index contributed by atoms with van der Waals surface area (Å²) >= 11 is 0. The van der Waals surface area contributed by atoms with Crippen LogP contribution >= 0.6 is 0 Å². The second kappa shape index (κ2) is 9.46. The average molecular weight is 284 g/mol. The molecule has 0 bridgehead atoms. The van der Waals surface area contributed by atoms with E-state index in [1.165, 1.54) is 0 Å². The minimum atomic E-state index is 0.351. The molecule has 0 atom stereocenters. The van der Waals surface area contributed by atoms with Gasteiger partial charge in [-0.2, -0.15) is 4.98 Å². The number of anilines is 1. The molecule has 0 saturated carbocycles. The van der Waals surface area contributed by atoms with Crippen molar-refractivity contribution in [3.63, 3.8) is 0 Å². The Balaban J connectivity index is 2.65. The van der Waals surface area contributed by atoms with E-state index >= 15 is 0 Å². The predicted molar refractivity (Wildman–Crippen MR) is 77.2 cm³/mol. The molecule has 0 radical (unpaired) electrons. The van der Waals surface area contributed by atoms with Gasteiger partial charge in [0.2, 0.25) is 5.88 Å². The molecule has 1 aromatic rings. The molecule has 1 rings (SSSR count). The van der Waals surface area contributed by atoms with Crippen LogP contribution in [-0.4, -0.2) is 69.5 Å². The molecule has 7 heteroatoms. The van der Waals surface area contributed by atoms with Crippen LogP contribution in [0.5, 0.6) is 5.88 Å². The van der Waals surface area contributed by atoms with Crippen molar-refractivity contribution in [1.82, 2.24) is 14.9 Å². The summed E-state index contributed by atoms with van der Waals surface area (Å²) in [6.45, 7) is 3.05. The van der Waals surface area contributed by atoms with E-state index in [1.54, 1.807) is 20.3 Å². The summed E-state index contributed by atoms with van der Waals surface area (Å²) in [7, 11) is 7.30. The van der Waals surface area contributed by atoms with Crippen LogP contribution in [0.4, 0.5) is 5.82 Å². The number of rotatable bonds is 10. The van der Waals surface area contributed by atoms with Gasteiger partial charge in [0.05, 0.1) is 6.61 Å². The van der Waals surface area contributed by atoms with Gasteiger partial charge in [0, 0.05) is 33.4 Å². The van der Waals surface area contributed by atoms with Crippen molar-refractivity contribution in [1.29, 1.82) is 0 Å². The third-order valence-electron chi connectivity index (χ3n) is 2.42. The Kier molecular flexibility index (Phi) is 7.86. The van der Waals surface area contributed by atoms with Gasteiger partial charge in [-0.05, 0) is 14.1 Å². The third kappa shape index (κ3) is 6.65. The predicted octanol–water partition coefficient (Wildman–Crippen LogP) is 0.622. The monoisotopic (exact) mass is 284 g/mol. The van der Waals surface area contributed by atoms with Crippen molar-refractivity contribution in [2.75, 3.05) is 59.9 Å². The van der Waals surface area contributed by atoms with E-state index in [2.05, 4.69) is 20.2 Å². The van der Waals surface area contributed by atoms with Gasteiger partial charge in [0.1, 0.15) is 19.0 Å². The number of aromatic nitrogens is 2. The number of hydrogen-bond donors (Lipinski definition) is 1. The summed E-state index contributed by atoms with van der Waals surface area (Å²) in [5.41, 5.74) is 0. The topological polar surface area (TPSA) is 68.7 Å². The van der Waals surface area contributed by atoms with Crippen LogP contribution in [0, 0.1) is 0 Å². The van der Waals surface area contributed by atoms with Crippen LogP contribution in [0.1, 0.15) is 5.82 Å². The van der Waals surface area contributed by atoms with Crippen LogP contribution in [0.15, 0.2) is 6.07 Å². The minimum Gasteiger partial charge on any atom is -0.475 e. The van der Waals surface area contributed by atoms with Crippen LogP contribution in [0.25, 0.3) is 0 Å². The van der Waals surface area contributed by atoms with Gasteiger partial charge in [-0.3, -0.25) is 0 Å². The Labute approximate surface area is 120 Å². The smallest absolute Gasteiger partial charge is 0.218 e. The van der Waals surface area contributed by atoms with E-state index in [1.807, 2.05) is 14.1 Å². The molecule has 1 aromatic heterocycles. The zero-order valence-corrected chi connectivity index (χ0v) is 12.7. The summed E-state index contributed by atoms with van der Waals surface area (Å²) in [6, 6.07) is 1.78. The lowest BCUT2D eigenvalue weighted by Crippen LogP contribution is -2.21. The standard InChI is InChI=1S/C13H24N4O3/c1-17(2)6-5-14-11-9-13(20-8-7-18-3)16-12(15-11)10-19-4/h9H,5-8,10H2,1-4H3,(H,14,15,16). The largest absolute Gasteiger partial charge is 0.475 e. The molecule has 0 spiro atoms. The van der Waals surface area contributed by atoms with Crippen molar-refractivity contribution >= 4 is 5.82 Å². The first kappa shape index (κ1) is 16.6. The average Bonchev–Trinajstić information content (AvgIpc) is 2.39. The first-order valence-electron chi connectivity index (χ1n) is 6.53. The number of likely N-dealkylation sites (N-methyl/N-ethyl adjacent to an activating group) is 1. The zero-order chi connectivity index (χ0) is 14.8. The molecule has 114 valence electrons. The fraction of sp³-hybridized carbons (Fsp3) is 0.692. The SMILES string of the molecule is COCCOc1cc(NCCN(C)C)nc(COC)n1. The highest BCUT2D eigenvalue weighted by Gasteiger charge is 2.06. The zero-order valence-electron chi connectivity index (χ0n) is 12.7. The molecule has 1 N–H and O–H groups in total. The van der Waals surface area contributed by atoms with E-state index < -0.39 is 0 Å². The Morgan fingerprint density at radius 3 is 2.60 bits per heavy atom. The van der Waals surface area contributed by atoms with Gasteiger partial charge in [-0.15, -0.1) is 0 Å². The number of ether oxygens (including phenoxy) is 3. The summed E-state index contributed by atoms with van der Waals surface area (Å²) < 4.78 is 15.5. The number of nitrogens with zero attached hydrogens (tertiary/aromatic N) is 3. The summed E-state index contributed by atoms with van der Waals surface area (Å²) in [6.07, 6.45) is 0. The highest BCUT2D eigenvalue weighted by atomic mass is 16.5. The minimum absolute atomic E-state index is 0.351. The van der Waals surface area contributed by atoms with Crippen LogP contribution in [0.2, 0.25) is 0 Å². The maximum atomic E-state index is 5.52. The summed E-state index contributed by atoms with van der Waals surface area (Å²) in [5.74, 6) is 1.85. The molecular weight excluding hydrogens is 260 g/mol. The van der Waals surface area contributed by atoms with Gasteiger partial charge in [0.25, 0.3) is 0 Å². The first-order valence-corrected chi connectivity index (χ1v) is 6.53. The van der Waals surface area contributed by atoms with Gasteiger partial charge >= 0.3 is 0 Å². The second-order valence-electron chi connectivity index (χ2n) is 4.51. The molecule has 1 heterocycles. The fourth-order valence-electron chi connectivity index (χ4n) is 1.47. The molecule has 0 aromatic carbocycles. The molecule has 0 fully saturated rings. The number of methoxy groups -OCH3 is 2. The van der Waals surface area contributed by atoms with Gasteiger partial charge in [-0.25, -0.2) is 4.98 Å². The first-order chi connectivity index (χ1) is 9.65. The van der Waals surface area contributed by atoms with E-state index in [9.17, 15) is 0 Å². The maximum Gasteiger partial charge on any atom is 0.218 e. The van der Waals surface area contributed by atoms with Crippen LogP contribution < -0.4 is 10.1 Å². The Morgan fingerprint density at radius 1 is 1.15 bits per heavy atom. The third-order valence-corrected chi connectivity index (χ3v) is 2.42. The molecule has 0 amide bonds. The van der Waals surface area contributed by atoms with E-state index in [0.29, 0.717) is 31.5 Å². The fourth-order valence-corrected chi connectivity index (χ4v) is 1.47. The molecule has 20 heavy (non-hydrogen) atoms. The van der Waals surface area contributed by atoms with Crippen molar-refractivity contribution in [2.45, 2.75) is 6.61 Å². The number of hydrogen-bond acceptors (Lipinski definition) is 7. The van der Waals surface area contributed by atoms with Crippen molar-refractivity contribution < 1.29 is 14.2 Å². The molecule has 0 unspecified atom stereocenters. The molecule has 0 aliphatic heterocycles. The van der Waals surface area contributed by atoms with Crippen molar-refractivity contribution in [3.05, 3.63) is 11.9 Å². The quantitative estimate of drug-likeness (QED) is 0.632. The van der Waals surface area contributed by atoms with E-state index in [0.717, 1.165) is 18.9 Å². The summed E-state index contributed by atoms with van der Waals surface area (Å²) in [5, 5.41) is 3.25. The van der Waals surface area contributed by atoms with Gasteiger partial charge < -0.3 is 24.4 Å². The number of nitrogens with one attached hydrogen (secondary N) is 1. The van der Waals surface area contributed by atoms with Crippen LogP contribution in [0.3, 0.4) is 0 Å². The van der Waals surface area contributed by atoms with Gasteiger partial charge in [0.15, 0.2) is 5.82 Å². The lowest BCUT2D eigenvalue weighted by atomic mass is 10.4. The van der Waals surface area contributed by atoms with Gasteiger partial charge in [-0.1, -0.05) is 0 Å². The van der Waals surface area contributed by atoms with Crippen LogP contribution in [-0.2, 0) is 16.1 Å². The van der Waals surface area contributed by atoms with E-state index in [-0.39, 0.29) is 0 Å². The van der Waals surface area contributed by atoms with Crippen molar-refractivity contribution in [3.8, 4) is 5.88 Å².